The van der Waals surface area contributed by atoms with Crippen molar-refractivity contribution in [2.75, 3.05) is 6.54 Å². The van der Waals surface area contributed by atoms with Crippen LogP contribution in [0.3, 0.4) is 0 Å². The average molecular weight is 235 g/mol. The van der Waals surface area contributed by atoms with E-state index in [-0.39, 0.29) is 12.5 Å². The number of carbonyl (C=O) groups is 1. The highest BCUT2D eigenvalue weighted by Crippen LogP contribution is 2.20. The molecule has 2 rings (SSSR count). The second kappa shape index (κ2) is 5.23. The van der Waals surface area contributed by atoms with Crippen molar-refractivity contribution in [3.05, 3.63) is 23.3 Å². The quantitative estimate of drug-likeness (QED) is 0.821. The van der Waals surface area contributed by atoms with Gasteiger partial charge < -0.3 is 10.4 Å². The van der Waals surface area contributed by atoms with Gasteiger partial charge in [-0.2, -0.15) is 0 Å². The van der Waals surface area contributed by atoms with E-state index in [0.717, 1.165) is 36.6 Å². The molecule has 0 saturated carbocycles. The number of aryl methyl sites for hydroxylation is 2. The molecule has 1 atom stereocenters. The van der Waals surface area contributed by atoms with E-state index in [4.69, 9.17) is 5.11 Å². The van der Waals surface area contributed by atoms with E-state index < -0.39 is 5.97 Å². The van der Waals surface area contributed by atoms with E-state index in [0.29, 0.717) is 6.42 Å². The fourth-order valence-electron chi connectivity index (χ4n) is 2.08. The summed E-state index contributed by atoms with van der Waals surface area (Å²) in [7, 11) is 0. The molecule has 0 bridgehead atoms. The average Bonchev–Trinajstić information content (AvgIpc) is 2.79. The van der Waals surface area contributed by atoms with Gasteiger partial charge in [-0.15, -0.1) is 0 Å². The second-order valence-corrected chi connectivity index (χ2v) is 4.40. The molecule has 17 heavy (non-hydrogen) atoms. The second-order valence-electron chi connectivity index (χ2n) is 4.40. The van der Waals surface area contributed by atoms with Crippen molar-refractivity contribution in [1.29, 1.82) is 0 Å². The van der Waals surface area contributed by atoms with Crippen LogP contribution in [-0.4, -0.2) is 27.6 Å². The Morgan fingerprint density at radius 1 is 1.59 bits per heavy atom. The van der Waals surface area contributed by atoms with Crippen molar-refractivity contribution in [3.8, 4) is 0 Å². The van der Waals surface area contributed by atoms with Crippen LogP contribution in [0.5, 0.6) is 0 Å². The van der Waals surface area contributed by atoms with Gasteiger partial charge in [-0.25, -0.2) is 9.97 Å². The van der Waals surface area contributed by atoms with Gasteiger partial charge >= 0.3 is 5.97 Å². The zero-order valence-electron chi connectivity index (χ0n) is 9.94. The highest BCUT2D eigenvalue weighted by molar-refractivity contribution is 5.66. The molecule has 5 heteroatoms. The van der Waals surface area contributed by atoms with E-state index >= 15 is 0 Å². The van der Waals surface area contributed by atoms with Gasteiger partial charge in [-0.1, -0.05) is 0 Å². The Morgan fingerprint density at radius 3 is 3.06 bits per heavy atom. The Kier molecular flexibility index (Phi) is 3.68. The molecule has 1 aliphatic heterocycles. The summed E-state index contributed by atoms with van der Waals surface area (Å²) in [5.74, 6) is 0.0182. The first-order valence-corrected chi connectivity index (χ1v) is 5.95. The molecule has 1 unspecified atom stereocenters. The summed E-state index contributed by atoms with van der Waals surface area (Å²) in [6.07, 6.45) is 2.79. The summed E-state index contributed by atoms with van der Waals surface area (Å²) in [6, 6.07) is 2.10. The minimum Gasteiger partial charge on any atom is -0.481 e. The van der Waals surface area contributed by atoms with Gasteiger partial charge in [-0.05, 0) is 32.4 Å². The van der Waals surface area contributed by atoms with Crippen molar-refractivity contribution in [3.63, 3.8) is 0 Å². The number of carboxylic acid groups (broad SMARTS) is 1. The molecule has 1 saturated heterocycles. The smallest absolute Gasteiger partial charge is 0.303 e. The molecule has 0 spiro atoms. The van der Waals surface area contributed by atoms with Gasteiger partial charge in [0.2, 0.25) is 0 Å². The van der Waals surface area contributed by atoms with Crippen LogP contribution >= 0.6 is 0 Å². The number of aromatic nitrogens is 2. The summed E-state index contributed by atoms with van der Waals surface area (Å²) in [4.78, 5) is 19.4. The minimum atomic E-state index is -0.790. The van der Waals surface area contributed by atoms with Gasteiger partial charge in [0, 0.05) is 17.8 Å². The number of aliphatic carboxylic acids is 1. The molecule has 2 N–H and O–H groups in total. The monoisotopic (exact) mass is 235 g/mol. The third kappa shape index (κ3) is 3.23. The predicted molar refractivity (Wildman–Crippen MR) is 62.7 cm³/mol. The molecule has 5 nitrogen and oxygen atoms in total. The van der Waals surface area contributed by atoms with Crippen LogP contribution in [-0.2, 0) is 11.2 Å². The summed E-state index contributed by atoms with van der Waals surface area (Å²) in [6.45, 7) is 2.93. The zero-order valence-corrected chi connectivity index (χ0v) is 9.94. The third-order valence-corrected chi connectivity index (χ3v) is 2.89. The molecule has 0 amide bonds. The number of carboxylic acids is 1. The Labute approximate surface area is 100 Å². The van der Waals surface area contributed by atoms with Crippen LogP contribution in [0.1, 0.15) is 42.5 Å². The molecule has 1 aromatic heterocycles. The largest absolute Gasteiger partial charge is 0.481 e. The first-order valence-electron chi connectivity index (χ1n) is 5.95. The predicted octanol–water partition coefficient (Wildman–Crippen LogP) is 1.23. The molecular weight excluding hydrogens is 218 g/mol. The van der Waals surface area contributed by atoms with Gasteiger partial charge in [0.25, 0.3) is 0 Å². The maximum Gasteiger partial charge on any atom is 0.303 e. The van der Waals surface area contributed by atoms with Crippen LogP contribution in [0, 0.1) is 6.92 Å². The number of nitrogens with one attached hydrogen (secondary N) is 1. The summed E-state index contributed by atoms with van der Waals surface area (Å²) < 4.78 is 0. The Hall–Kier alpha value is -1.49. The number of rotatable bonds is 4. The van der Waals surface area contributed by atoms with E-state index in [1.54, 1.807) is 0 Å². The summed E-state index contributed by atoms with van der Waals surface area (Å²) >= 11 is 0. The number of hydrogen-bond donors (Lipinski definition) is 2. The molecule has 2 heterocycles. The van der Waals surface area contributed by atoms with Crippen LogP contribution in [0.15, 0.2) is 6.07 Å². The van der Waals surface area contributed by atoms with Crippen molar-refractivity contribution < 1.29 is 9.90 Å². The minimum absolute atomic E-state index is 0.119. The van der Waals surface area contributed by atoms with Crippen LogP contribution in [0.2, 0.25) is 0 Å². The first-order chi connectivity index (χ1) is 8.15. The number of nitrogens with zero attached hydrogens (tertiary/aromatic N) is 2. The lowest BCUT2D eigenvalue weighted by molar-refractivity contribution is -0.136. The van der Waals surface area contributed by atoms with Crippen molar-refractivity contribution in [2.24, 2.45) is 0 Å². The van der Waals surface area contributed by atoms with Crippen molar-refractivity contribution in [2.45, 2.75) is 38.6 Å². The lowest BCUT2D eigenvalue weighted by Crippen LogP contribution is -2.17. The highest BCUT2D eigenvalue weighted by Gasteiger charge is 2.19. The van der Waals surface area contributed by atoms with E-state index in [2.05, 4.69) is 15.3 Å². The van der Waals surface area contributed by atoms with Gasteiger partial charge in [0.15, 0.2) is 0 Å². The lowest BCUT2D eigenvalue weighted by Gasteiger charge is -2.11. The molecule has 0 aromatic carbocycles. The maximum absolute atomic E-state index is 10.5. The zero-order chi connectivity index (χ0) is 12.3. The molecule has 1 fully saturated rings. The molecule has 92 valence electrons. The van der Waals surface area contributed by atoms with Gasteiger partial charge in [0.1, 0.15) is 5.82 Å². The van der Waals surface area contributed by atoms with Crippen molar-refractivity contribution >= 4 is 5.97 Å². The first kappa shape index (κ1) is 12.0. The Bertz CT molecular complexity index is 414. The van der Waals surface area contributed by atoms with E-state index in [1.165, 1.54) is 0 Å². The molecule has 0 radical (unpaired) electrons. The molecular formula is C12H17N3O2. The van der Waals surface area contributed by atoms with E-state index in [1.807, 2.05) is 13.0 Å². The molecule has 0 aliphatic carbocycles. The fraction of sp³-hybridized carbons (Fsp3) is 0.583. The normalized spacial score (nSPS) is 19.5. The Morgan fingerprint density at radius 2 is 2.41 bits per heavy atom. The van der Waals surface area contributed by atoms with Gasteiger partial charge in [-0.3, -0.25) is 4.79 Å². The third-order valence-electron chi connectivity index (χ3n) is 2.89. The van der Waals surface area contributed by atoms with Crippen LogP contribution in [0.4, 0.5) is 0 Å². The van der Waals surface area contributed by atoms with Crippen LogP contribution < -0.4 is 5.32 Å². The molecule has 1 aliphatic rings. The SMILES string of the molecule is Cc1cc(CCC(=O)O)nc(C2CCCN2)n1. The Balaban J connectivity index is 2.13. The lowest BCUT2D eigenvalue weighted by atomic mass is 10.1. The fourth-order valence-corrected chi connectivity index (χ4v) is 2.08. The molecule has 1 aromatic rings. The summed E-state index contributed by atoms with van der Waals surface area (Å²) in [5, 5.41) is 12.0. The van der Waals surface area contributed by atoms with Crippen molar-refractivity contribution in [1.82, 2.24) is 15.3 Å². The maximum atomic E-state index is 10.5. The van der Waals surface area contributed by atoms with E-state index in [9.17, 15) is 4.79 Å². The summed E-state index contributed by atoms with van der Waals surface area (Å²) in [5.41, 5.74) is 1.73. The highest BCUT2D eigenvalue weighted by atomic mass is 16.4. The topological polar surface area (TPSA) is 75.1 Å². The van der Waals surface area contributed by atoms with Gasteiger partial charge in [0.05, 0.1) is 12.5 Å². The standard InChI is InChI=1S/C12H17N3O2/c1-8-7-9(4-5-11(16)17)15-12(14-8)10-3-2-6-13-10/h7,10,13H,2-6H2,1H3,(H,16,17). The van der Waals surface area contributed by atoms with Crippen LogP contribution in [0.25, 0.3) is 0 Å². The number of hydrogen-bond acceptors (Lipinski definition) is 4.